The third kappa shape index (κ3) is 5.64. The summed E-state index contributed by atoms with van der Waals surface area (Å²) in [5.41, 5.74) is 0.867. The second-order valence-electron chi connectivity index (χ2n) is 5.81. The minimum atomic E-state index is -4.15. The maximum Gasteiger partial charge on any atom is 0.241 e. The van der Waals surface area contributed by atoms with Crippen LogP contribution in [0.3, 0.4) is 0 Å². The zero-order chi connectivity index (χ0) is 21.0. The Hall–Kier alpha value is -2.72. The topological polar surface area (TPSA) is 124 Å². The number of hydrogen-bond acceptors (Lipinski definition) is 6. The molecule has 0 aliphatic rings. The molecule has 2 aromatic carbocycles. The predicted octanol–water partition coefficient (Wildman–Crippen LogP) is 3.40. The SMILES string of the molecule is NS(=O)(=O)c1cc(NC(=O)Cc2ccccc2Cl)ccc1Oc1cnc(Cl)nc1. The number of ether oxygens (including phenoxy) is 1. The number of amides is 1. The van der Waals surface area contributed by atoms with Gasteiger partial charge in [0.25, 0.3) is 0 Å². The second-order valence-corrected chi connectivity index (χ2v) is 8.09. The summed E-state index contributed by atoms with van der Waals surface area (Å²) in [6, 6.07) is 11.0. The number of anilines is 1. The van der Waals surface area contributed by atoms with Gasteiger partial charge in [-0.15, -0.1) is 0 Å². The van der Waals surface area contributed by atoms with Crippen LogP contribution in [-0.2, 0) is 21.2 Å². The van der Waals surface area contributed by atoms with Crippen molar-refractivity contribution in [3.63, 3.8) is 0 Å². The van der Waals surface area contributed by atoms with Crippen LogP contribution in [0.1, 0.15) is 5.56 Å². The molecule has 0 bridgehead atoms. The summed E-state index contributed by atoms with van der Waals surface area (Å²) >= 11 is 11.7. The standard InChI is InChI=1S/C18H14Cl2N4O4S/c19-14-4-2-1-3-11(14)7-17(25)24-12-5-6-15(16(8-12)29(21,26)27)28-13-9-22-18(20)23-10-13/h1-6,8-10H,7H2,(H,24,25)(H2,21,26,27). The molecule has 0 saturated carbocycles. The highest BCUT2D eigenvalue weighted by Gasteiger charge is 2.18. The minimum Gasteiger partial charge on any atom is -0.453 e. The van der Waals surface area contributed by atoms with Crippen LogP contribution < -0.4 is 15.2 Å². The number of hydrogen-bond donors (Lipinski definition) is 2. The molecule has 0 unspecified atom stereocenters. The molecular weight excluding hydrogens is 439 g/mol. The van der Waals surface area contributed by atoms with Gasteiger partial charge in [0.15, 0.2) is 5.75 Å². The Labute approximate surface area is 176 Å². The molecule has 3 N–H and O–H groups in total. The molecule has 0 aliphatic carbocycles. The van der Waals surface area contributed by atoms with Crippen molar-refractivity contribution < 1.29 is 17.9 Å². The first-order valence-corrected chi connectivity index (χ1v) is 10.4. The van der Waals surface area contributed by atoms with Gasteiger partial charge in [-0.05, 0) is 41.4 Å². The third-order valence-electron chi connectivity index (χ3n) is 3.67. The fourth-order valence-corrected chi connectivity index (χ4v) is 3.37. The molecule has 0 radical (unpaired) electrons. The fourth-order valence-electron chi connectivity index (χ4n) is 2.39. The number of nitrogens with two attached hydrogens (primary N) is 1. The predicted molar refractivity (Wildman–Crippen MR) is 109 cm³/mol. The van der Waals surface area contributed by atoms with Crippen LogP contribution in [0.4, 0.5) is 5.69 Å². The molecule has 1 aromatic heterocycles. The number of carbonyl (C=O) groups is 1. The molecule has 150 valence electrons. The first-order valence-electron chi connectivity index (χ1n) is 8.08. The lowest BCUT2D eigenvalue weighted by molar-refractivity contribution is -0.115. The van der Waals surface area contributed by atoms with Gasteiger partial charge in [-0.2, -0.15) is 0 Å². The number of aromatic nitrogens is 2. The van der Waals surface area contributed by atoms with Gasteiger partial charge < -0.3 is 10.1 Å². The summed E-state index contributed by atoms with van der Waals surface area (Å²) in [6.45, 7) is 0. The third-order valence-corrected chi connectivity index (χ3v) is 5.16. The summed E-state index contributed by atoms with van der Waals surface area (Å²) in [7, 11) is -4.15. The Kier molecular flexibility index (Phi) is 6.33. The number of primary sulfonamides is 1. The number of benzene rings is 2. The van der Waals surface area contributed by atoms with Gasteiger partial charge >= 0.3 is 0 Å². The van der Waals surface area contributed by atoms with Crippen molar-refractivity contribution in [2.24, 2.45) is 5.14 Å². The van der Waals surface area contributed by atoms with Crippen LogP contribution in [-0.4, -0.2) is 24.3 Å². The monoisotopic (exact) mass is 452 g/mol. The van der Waals surface area contributed by atoms with E-state index < -0.39 is 10.0 Å². The van der Waals surface area contributed by atoms with Crippen LogP contribution in [0.5, 0.6) is 11.5 Å². The smallest absolute Gasteiger partial charge is 0.241 e. The highest BCUT2D eigenvalue weighted by molar-refractivity contribution is 7.89. The Morgan fingerprint density at radius 2 is 1.79 bits per heavy atom. The van der Waals surface area contributed by atoms with E-state index in [1.54, 1.807) is 24.3 Å². The molecule has 1 amide bonds. The number of nitrogens with zero attached hydrogens (tertiary/aromatic N) is 2. The Bertz CT molecular complexity index is 1150. The van der Waals surface area contributed by atoms with E-state index in [1.165, 1.54) is 30.6 Å². The summed E-state index contributed by atoms with van der Waals surface area (Å²) < 4.78 is 29.5. The highest BCUT2D eigenvalue weighted by Crippen LogP contribution is 2.30. The van der Waals surface area contributed by atoms with Crippen LogP contribution in [0.15, 0.2) is 59.8 Å². The van der Waals surface area contributed by atoms with Crippen LogP contribution in [0.25, 0.3) is 0 Å². The van der Waals surface area contributed by atoms with Gasteiger partial charge in [0.2, 0.25) is 21.2 Å². The van der Waals surface area contributed by atoms with Crippen molar-refractivity contribution in [2.75, 3.05) is 5.32 Å². The molecule has 0 saturated heterocycles. The molecular formula is C18H14Cl2N4O4S. The molecule has 0 atom stereocenters. The van der Waals surface area contributed by atoms with Crippen molar-refractivity contribution >= 4 is 44.8 Å². The van der Waals surface area contributed by atoms with E-state index in [1.807, 2.05) is 0 Å². The van der Waals surface area contributed by atoms with Crippen LogP contribution in [0.2, 0.25) is 10.3 Å². The van der Waals surface area contributed by atoms with Crippen molar-refractivity contribution in [3.05, 3.63) is 70.7 Å². The lowest BCUT2D eigenvalue weighted by Gasteiger charge is -2.12. The number of sulfonamides is 1. The number of nitrogens with one attached hydrogen (secondary N) is 1. The van der Waals surface area contributed by atoms with Gasteiger partial charge in [-0.1, -0.05) is 29.8 Å². The average molecular weight is 453 g/mol. The molecule has 29 heavy (non-hydrogen) atoms. The van der Waals surface area contributed by atoms with Gasteiger partial charge in [-0.3, -0.25) is 4.79 Å². The zero-order valence-corrected chi connectivity index (χ0v) is 17.0. The first-order chi connectivity index (χ1) is 13.7. The Morgan fingerprint density at radius 1 is 1.10 bits per heavy atom. The number of halogens is 2. The van der Waals surface area contributed by atoms with Gasteiger partial charge in [0.05, 0.1) is 18.8 Å². The van der Waals surface area contributed by atoms with E-state index in [2.05, 4.69) is 15.3 Å². The van der Waals surface area contributed by atoms with Gasteiger partial charge in [0, 0.05) is 10.7 Å². The number of carbonyl (C=O) groups excluding carboxylic acids is 1. The molecule has 0 spiro atoms. The van der Waals surface area contributed by atoms with Crippen molar-refractivity contribution in [2.45, 2.75) is 11.3 Å². The molecule has 0 aliphatic heterocycles. The summed E-state index contributed by atoms with van der Waals surface area (Å²) in [4.78, 5) is 19.5. The van der Waals surface area contributed by atoms with Crippen LogP contribution >= 0.6 is 23.2 Å². The van der Waals surface area contributed by atoms with Gasteiger partial charge in [-0.25, -0.2) is 23.5 Å². The van der Waals surface area contributed by atoms with Gasteiger partial charge in [0.1, 0.15) is 10.6 Å². The van der Waals surface area contributed by atoms with E-state index in [0.29, 0.717) is 10.6 Å². The second kappa shape index (κ2) is 8.75. The molecule has 3 rings (SSSR count). The quantitative estimate of drug-likeness (QED) is 0.552. The molecule has 0 fully saturated rings. The molecule has 1 heterocycles. The lowest BCUT2D eigenvalue weighted by Crippen LogP contribution is -2.17. The van der Waals surface area contributed by atoms with Crippen molar-refractivity contribution in [1.29, 1.82) is 0 Å². The summed E-state index contributed by atoms with van der Waals surface area (Å²) in [6.07, 6.45) is 2.58. The van der Waals surface area contributed by atoms with E-state index in [9.17, 15) is 13.2 Å². The largest absolute Gasteiger partial charge is 0.453 e. The van der Waals surface area contributed by atoms with E-state index in [4.69, 9.17) is 33.1 Å². The Morgan fingerprint density at radius 3 is 2.45 bits per heavy atom. The van der Waals surface area contributed by atoms with E-state index >= 15 is 0 Å². The molecule has 11 heteroatoms. The zero-order valence-electron chi connectivity index (χ0n) is 14.7. The summed E-state index contributed by atoms with van der Waals surface area (Å²) in [5.74, 6) is -0.268. The average Bonchev–Trinajstić information content (AvgIpc) is 2.66. The highest BCUT2D eigenvalue weighted by atomic mass is 35.5. The Balaban J connectivity index is 1.83. The van der Waals surface area contributed by atoms with E-state index in [0.717, 1.165) is 0 Å². The molecule has 3 aromatic rings. The molecule has 8 nitrogen and oxygen atoms in total. The maximum atomic E-state index is 12.3. The minimum absolute atomic E-state index is 0.0144. The number of rotatable bonds is 6. The maximum absolute atomic E-state index is 12.3. The van der Waals surface area contributed by atoms with Crippen LogP contribution in [0, 0.1) is 0 Å². The summed E-state index contributed by atoms with van der Waals surface area (Å²) in [5, 5.41) is 8.38. The van der Waals surface area contributed by atoms with E-state index in [-0.39, 0.29) is 39.7 Å². The first kappa shape index (κ1) is 21.0. The van der Waals surface area contributed by atoms with Crippen molar-refractivity contribution in [3.8, 4) is 11.5 Å². The normalized spacial score (nSPS) is 11.1. The fraction of sp³-hybridized carbons (Fsp3) is 0.0556. The lowest BCUT2D eigenvalue weighted by atomic mass is 10.1. The van der Waals surface area contributed by atoms with Crippen molar-refractivity contribution in [1.82, 2.24) is 9.97 Å².